The summed E-state index contributed by atoms with van der Waals surface area (Å²) in [7, 11) is 3.62. The van der Waals surface area contributed by atoms with Crippen LogP contribution in [-0.2, 0) is 9.59 Å². The number of phenolic OH excluding ortho intramolecular Hbond substituents is 1. The zero-order valence-electron chi connectivity index (χ0n) is 18.3. The van der Waals surface area contributed by atoms with Crippen LogP contribution in [0.2, 0.25) is 0 Å². The molecule has 2 N–H and O–H groups in total. The number of aryl methyl sites for hydroxylation is 2. The van der Waals surface area contributed by atoms with Crippen LogP contribution in [0.1, 0.15) is 28.3 Å². The Hall–Kier alpha value is -3.72. The Morgan fingerprint density at radius 1 is 1.16 bits per heavy atom. The van der Waals surface area contributed by atoms with E-state index in [0.717, 1.165) is 11.1 Å². The van der Waals surface area contributed by atoms with Gasteiger partial charge in [0.05, 0.1) is 22.1 Å². The summed E-state index contributed by atoms with van der Waals surface area (Å²) in [5.74, 6) is -2.47. The van der Waals surface area contributed by atoms with Gasteiger partial charge in [0.25, 0.3) is 17.4 Å². The van der Waals surface area contributed by atoms with Crippen LogP contribution in [0.3, 0.4) is 0 Å². The Labute approximate surface area is 185 Å². The number of nitro groups is 1. The van der Waals surface area contributed by atoms with Gasteiger partial charge in [-0.15, -0.1) is 0 Å². The van der Waals surface area contributed by atoms with Gasteiger partial charge in [-0.3, -0.25) is 19.7 Å². The lowest BCUT2D eigenvalue weighted by molar-refractivity contribution is -0.384. The van der Waals surface area contributed by atoms with Gasteiger partial charge in [0, 0.05) is 25.2 Å². The van der Waals surface area contributed by atoms with Crippen LogP contribution in [0, 0.1) is 24.0 Å². The van der Waals surface area contributed by atoms with E-state index < -0.39 is 28.4 Å². The first-order valence-corrected chi connectivity index (χ1v) is 10.0. The highest BCUT2D eigenvalue weighted by atomic mass is 16.6. The third-order valence-electron chi connectivity index (χ3n) is 5.59. The molecule has 2 aromatic carbocycles. The van der Waals surface area contributed by atoms with Crippen molar-refractivity contribution in [1.29, 1.82) is 0 Å². The van der Waals surface area contributed by atoms with Gasteiger partial charge >= 0.3 is 0 Å². The first-order valence-electron chi connectivity index (χ1n) is 10.0. The van der Waals surface area contributed by atoms with E-state index in [1.54, 1.807) is 19.9 Å². The highest BCUT2D eigenvalue weighted by Crippen LogP contribution is 2.41. The van der Waals surface area contributed by atoms with Crippen molar-refractivity contribution in [2.24, 2.45) is 0 Å². The van der Waals surface area contributed by atoms with Gasteiger partial charge in [-0.1, -0.05) is 12.1 Å². The van der Waals surface area contributed by atoms with Crippen molar-refractivity contribution in [3.8, 4) is 5.75 Å². The standard InChI is InChI=1S/C23H25N3O6/c1-13-10-17(18(27)11-14(13)2)21(28)19-20(15-6-5-7-16(12-15)26(31)32)25(9-8-24(3)4)23(30)22(19)29/h5-7,10-12,20,27-28H,8-9H2,1-4H3/b21-19+. The maximum absolute atomic E-state index is 13.0. The predicted octanol–water partition coefficient (Wildman–Crippen LogP) is 2.90. The van der Waals surface area contributed by atoms with Gasteiger partial charge in [0.1, 0.15) is 11.5 Å². The molecule has 0 saturated carbocycles. The first-order chi connectivity index (χ1) is 15.0. The summed E-state index contributed by atoms with van der Waals surface area (Å²) in [6, 6.07) is 7.60. The molecule has 1 amide bonds. The van der Waals surface area contributed by atoms with Crippen LogP contribution in [0.5, 0.6) is 5.75 Å². The van der Waals surface area contributed by atoms with Gasteiger partial charge in [-0.05, 0) is 56.8 Å². The summed E-state index contributed by atoms with van der Waals surface area (Å²) >= 11 is 0. The third-order valence-corrected chi connectivity index (χ3v) is 5.59. The maximum atomic E-state index is 13.0. The molecule has 1 heterocycles. The zero-order valence-corrected chi connectivity index (χ0v) is 18.3. The second-order valence-electron chi connectivity index (χ2n) is 8.10. The number of aliphatic hydroxyl groups is 1. The summed E-state index contributed by atoms with van der Waals surface area (Å²) < 4.78 is 0. The van der Waals surface area contributed by atoms with Gasteiger partial charge in [0.15, 0.2) is 0 Å². The summed E-state index contributed by atoms with van der Waals surface area (Å²) in [5, 5.41) is 32.8. The fraction of sp³-hybridized carbons (Fsp3) is 0.304. The number of likely N-dealkylation sites (N-methyl/N-ethyl adjacent to an activating group) is 1. The molecule has 1 aliphatic heterocycles. The average molecular weight is 439 g/mol. The molecule has 1 atom stereocenters. The number of nitrogens with zero attached hydrogens (tertiary/aromatic N) is 3. The number of carbonyl (C=O) groups is 2. The Balaban J connectivity index is 2.24. The van der Waals surface area contributed by atoms with Crippen LogP contribution in [-0.4, -0.2) is 63.8 Å². The lowest BCUT2D eigenvalue weighted by Gasteiger charge is -2.26. The minimum absolute atomic E-state index is 0.0224. The van der Waals surface area contributed by atoms with Crippen molar-refractivity contribution in [3.05, 3.63) is 74.3 Å². The molecule has 32 heavy (non-hydrogen) atoms. The van der Waals surface area contributed by atoms with E-state index in [0.29, 0.717) is 12.1 Å². The lowest BCUT2D eigenvalue weighted by Crippen LogP contribution is -2.35. The van der Waals surface area contributed by atoms with Crippen molar-refractivity contribution in [2.45, 2.75) is 19.9 Å². The monoisotopic (exact) mass is 439 g/mol. The summed E-state index contributed by atoms with van der Waals surface area (Å²) in [4.78, 5) is 39.8. The Kier molecular flexibility index (Phi) is 6.31. The summed E-state index contributed by atoms with van der Waals surface area (Å²) in [5.41, 5.74) is 1.50. The Morgan fingerprint density at radius 3 is 2.44 bits per heavy atom. The quantitative estimate of drug-likeness (QED) is 0.233. The molecule has 0 aromatic heterocycles. The fourth-order valence-corrected chi connectivity index (χ4v) is 3.71. The number of carbonyl (C=O) groups excluding carboxylic acids is 2. The van der Waals surface area contributed by atoms with E-state index in [-0.39, 0.29) is 29.1 Å². The highest BCUT2D eigenvalue weighted by Gasteiger charge is 2.46. The van der Waals surface area contributed by atoms with Gasteiger partial charge in [0.2, 0.25) is 0 Å². The molecule has 9 heteroatoms. The molecule has 0 aliphatic carbocycles. The molecule has 0 spiro atoms. The number of aliphatic hydroxyl groups excluding tert-OH is 1. The van der Waals surface area contributed by atoms with Gasteiger partial charge < -0.3 is 20.0 Å². The molecular weight excluding hydrogens is 414 g/mol. The van der Waals surface area contributed by atoms with E-state index in [4.69, 9.17) is 0 Å². The number of likely N-dealkylation sites (tertiary alicyclic amines) is 1. The molecule has 168 valence electrons. The normalized spacial score (nSPS) is 17.9. The number of aromatic hydroxyl groups is 1. The smallest absolute Gasteiger partial charge is 0.295 e. The van der Waals surface area contributed by atoms with E-state index in [1.807, 2.05) is 19.0 Å². The summed E-state index contributed by atoms with van der Waals surface area (Å²) in [6.07, 6.45) is 0. The summed E-state index contributed by atoms with van der Waals surface area (Å²) in [6.45, 7) is 4.19. The first kappa shape index (κ1) is 23.0. The number of benzene rings is 2. The topological polar surface area (TPSA) is 124 Å². The van der Waals surface area contributed by atoms with Crippen molar-refractivity contribution >= 4 is 23.1 Å². The Morgan fingerprint density at radius 2 is 1.81 bits per heavy atom. The van der Waals surface area contributed by atoms with Crippen LogP contribution < -0.4 is 0 Å². The van der Waals surface area contributed by atoms with Crippen LogP contribution in [0.4, 0.5) is 5.69 Å². The molecule has 1 unspecified atom stereocenters. The molecule has 0 radical (unpaired) electrons. The van der Waals surface area contributed by atoms with E-state index in [1.165, 1.54) is 35.2 Å². The number of ketones is 1. The van der Waals surface area contributed by atoms with Gasteiger partial charge in [-0.25, -0.2) is 0 Å². The maximum Gasteiger partial charge on any atom is 0.295 e. The molecular formula is C23H25N3O6. The van der Waals surface area contributed by atoms with Crippen LogP contribution in [0.15, 0.2) is 42.0 Å². The third kappa shape index (κ3) is 4.19. The Bertz CT molecular complexity index is 1140. The highest BCUT2D eigenvalue weighted by molar-refractivity contribution is 6.46. The second kappa shape index (κ2) is 8.80. The predicted molar refractivity (Wildman–Crippen MR) is 118 cm³/mol. The number of nitro benzene ring substituents is 1. The van der Waals surface area contributed by atoms with E-state index in [2.05, 4.69) is 0 Å². The van der Waals surface area contributed by atoms with Crippen molar-refractivity contribution in [1.82, 2.24) is 9.80 Å². The number of phenols is 1. The fourth-order valence-electron chi connectivity index (χ4n) is 3.71. The minimum Gasteiger partial charge on any atom is -0.507 e. The number of amides is 1. The zero-order chi connectivity index (χ0) is 23.7. The number of Topliss-reactive ketones (excluding diaryl/α,β-unsaturated/α-hetero) is 1. The largest absolute Gasteiger partial charge is 0.507 e. The second-order valence-corrected chi connectivity index (χ2v) is 8.10. The average Bonchev–Trinajstić information content (AvgIpc) is 2.99. The lowest BCUT2D eigenvalue weighted by atomic mass is 9.93. The van der Waals surface area contributed by atoms with E-state index in [9.17, 15) is 29.9 Å². The molecule has 1 aliphatic rings. The number of non-ortho nitro benzene ring substituents is 1. The molecule has 9 nitrogen and oxygen atoms in total. The SMILES string of the molecule is Cc1cc(O)c(/C(O)=C2\C(=O)C(=O)N(CCN(C)C)C2c2cccc([N+](=O)[O-])c2)cc1C. The van der Waals surface area contributed by atoms with Crippen molar-refractivity contribution in [2.75, 3.05) is 27.2 Å². The van der Waals surface area contributed by atoms with Gasteiger partial charge in [-0.2, -0.15) is 0 Å². The molecule has 3 rings (SSSR count). The van der Waals surface area contributed by atoms with Crippen LogP contribution in [0.25, 0.3) is 5.76 Å². The molecule has 1 saturated heterocycles. The van der Waals surface area contributed by atoms with E-state index >= 15 is 0 Å². The molecule has 2 aromatic rings. The number of hydrogen-bond acceptors (Lipinski definition) is 7. The van der Waals surface area contributed by atoms with Crippen LogP contribution >= 0.6 is 0 Å². The van der Waals surface area contributed by atoms with Crippen molar-refractivity contribution < 1.29 is 24.7 Å². The number of rotatable bonds is 6. The molecule has 1 fully saturated rings. The number of hydrogen-bond donors (Lipinski definition) is 2. The van der Waals surface area contributed by atoms with Crippen molar-refractivity contribution in [3.63, 3.8) is 0 Å². The molecule has 0 bridgehead atoms. The minimum atomic E-state index is -1.03.